The highest BCUT2D eigenvalue weighted by Gasteiger charge is 2.23. The fourth-order valence-corrected chi connectivity index (χ4v) is 4.16. The summed E-state index contributed by atoms with van der Waals surface area (Å²) in [6, 6.07) is 18.1. The molecule has 2 aromatic carbocycles. The standard InChI is InChI=1S/C16H11NO3S2/c18-16(12-7-3-1-4-8-12)14-11-15(17-21-14)22(19,20)13-9-5-2-6-10-13/h1-11H. The van der Waals surface area contributed by atoms with Crippen LogP contribution < -0.4 is 0 Å². The smallest absolute Gasteiger partial charge is 0.224 e. The number of sulfone groups is 1. The first-order valence-corrected chi connectivity index (χ1v) is 8.71. The number of hydrogen-bond donors (Lipinski definition) is 0. The van der Waals surface area contributed by atoms with E-state index in [0.717, 1.165) is 11.5 Å². The van der Waals surface area contributed by atoms with Gasteiger partial charge >= 0.3 is 0 Å². The van der Waals surface area contributed by atoms with E-state index in [1.165, 1.54) is 18.2 Å². The van der Waals surface area contributed by atoms with Crippen molar-refractivity contribution >= 4 is 27.2 Å². The van der Waals surface area contributed by atoms with Gasteiger partial charge in [-0.15, -0.1) is 0 Å². The Morgan fingerprint density at radius 1 is 0.909 bits per heavy atom. The van der Waals surface area contributed by atoms with E-state index in [4.69, 9.17) is 0 Å². The van der Waals surface area contributed by atoms with Crippen molar-refractivity contribution in [2.24, 2.45) is 0 Å². The second-order valence-corrected chi connectivity index (χ2v) is 7.24. The zero-order chi connectivity index (χ0) is 15.6. The van der Waals surface area contributed by atoms with E-state index in [1.807, 2.05) is 6.07 Å². The number of ketones is 1. The van der Waals surface area contributed by atoms with Crippen LogP contribution in [0.15, 0.2) is 76.7 Å². The lowest BCUT2D eigenvalue weighted by atomic mass is 10.1. The Kier molecular flexibility index (Phi) is 3.87. The summed E-state index contributed by atoms with van der Waals surface area (Å²) in [5, 5.41) is -0.0945. The predicted molar refractivity (Wildman–Crippen MR) is 83.9 cm³/mol. The van der Waals surface area contributed by atoms with Gasteiger partial charge in [0.1, 0.15) is 0 Å². The van der Waals surface area contributed by atoms with Crippen molar-refractivity contribution in [2.75, 3.05) is 0 Å². The Morgan fingerprint density at radius 2 is 1.50 bits per heavy atom. The van der Waals surface area contributed by atoms with E-state index in [2.05, 4.69) is 4.37 Å². The number of rotatable bonds is 4. The topological polar surface area (TPSA) is 64.1 Å². The SMILES string of the molecule is O=C(c1ccccc1)c1cc(S(=O)(=O)c2ccccc2)ns1. The first-order valence-electron chi connectivity index (χ1n) is 6.45. The molecular weight excluding hydrogens is 318 g/mol. The van der Waals surface area contributed by atoms with Crippen LogP contribution in [0.25, 0.3) is 0 Å². The third-order valence-electron chi connectivity index (χ3n) is 3.08. The van der Waals surface area contributed by atoms with Crippen molar-refractivity contribution in [3.63, 3.8) is 0 Å². The van der Waals surface area contributed by atoms with Crippen molar-refractivity contribution in [1.82, 2.24) is 4.37 Å². The molecule has 22 heavy (non-hydrogen) atoms. The summed E-state index contributed by atoms with van der Waals surface area (Å²) in [6.07, 6.45) is 0. The number of aromatic nitrogens is 1. The van der Waals surface area contributed by atoms with Gasteiger partial charge in [-0.1, -0.05) is 48.5 Å². The van der Waals surface area contributed by atoms with Crippen LogP contribution in [0.4, 0.5) is 0 Å². The first-order chi connectivity index (χ1) is 10.6. The molecule has 3 aromatic rings. The molecule has 0 saturated heterocycles. The molecule has 1 aromatic heterocycles. The minimum Gasteiger partial charge on any atom is -0.288 e. The molecule has 6 heteroatoms. The maximum atomic E-state index is 12.4. The largest absolute Gasteiger partial charge is 0.288 e. The summed E-state index contributed by atoms with van der Waals surface area (Å²) < 4.78 is 28.8. The van der Waals surface area contributed by atoms with E-state index < -0.39 is 9.84 Å². The van der Waals surface area contributed by atoms with E-state index in [1.54, 1.807) is 42.5 Å². The number of carbonyl (C=O) groups excluding carboxylic acids is 1. The van der Waals surface area contributed by atoms with Crippen molar-refractivity contribution < 1.29 is 13.2 Å². The monoisotopic (exact) mass is 329 g/mol. The quantitative estimate of drug-likeness (QED) is 0.690. The van der Waals surface area contributed by atoms with Crippen LogP contribution in [0.1, 0.15) is 15.2 Å². The van der Waals surface area contributed by atoms with Gasteiger partial charge in [0.05, 0.1) is 9.77 Å². The molecule has 0 unspecified atom stereocenters. The molecule has 0 aliphatic rings. The zero-order valence-electron chi connectivity index (χ0n) is 11.3. The average Bonchev–Trinajstić information content (AvgIpc) is 3.06. The van der Waals surface area contributed by atoms with Crippen LogP contribution >= 0.6 is 11.5 Å². The molecule has 0 aliphatic carbocycles. The van der Waals surface area contributed by atoms with Gasteiger partial charge < -0.3 is 0 Å². The Labute approximate surface area is 132 Å². The molecule has 0 N–H and O–H groups in total. The Morgan fingerprint density at radius 3 is 2.14 bits per heavy atom. The Balaban J connectivity index is 1.97. The summed E-state index contributed by atoms with van der Waals surface area (Å²) in [5.74, 6) is -0.229. The molecule has 0 saturated carbocycles. The van der Waals surface area contributed by atoms with Gasteiger partial charge in [0.25, 0.3) is 0 Å². The number of nitrogens with zero attached hydrogens (tertiary/aromatic N) is 1. The fraction of sp³-hybridized carbons (Fsp3) is 0. The molecule has 3 rings (SSSR count). The first kappa shape index (κ1) is 14.6. The maximum Gasteiger partial charge on any atom is 0.224 e. The second-order valence-electron chi connectivity index (χ2n) is 4.54. The molecule has 0 amide bonds. The summed E-state index contributed by atoms with van der Waals surface area (Å²) in [5.41, 5.74) is 0.509. The Hall–Kier alpha value is -2.31. The molecule has 0 fully saturated rings. The van der Waals surface area contributed by atoms with E-state index in [0.29, 0.717) is 10.4 Å². The van der Waals surface area contributed by atoms with Gasteiger partial charge in [0.15, 0.2) is 5.03 Å². The number of benzene rings is 2. The van der Waals surface area contributed by atoms with E-state index >= 15 is 0 Å². The molecule has 110 valence electrons. The molecule has 1 heterocycles. The minimum atomic E-state index is -3.69. The van der Waals surface area contributed by atoms with Crippen LogP contribution in [-0.2, 0) is 9.84 Å². The number of carbonyl (C=O) groups is 1. The Bertz CT molecular complexity index is 901. The van der Waals surface area contributed by atoms with Gasteiger partial charge in [-0.05, 0) is 29.7 Å². The highest BCUT2D eigenvalue weighted by molar-refractivity contribution is 7.91. The summed E-state index contributed by atoms with van der Waals surface area (Å²) in [6.45, 7) is 0. The molecule has 0 aliphatic heterocycles. The highest BCUT2D eigenvalue weighted by Crippen LogP contribution is 2.24. The molecular formula is C16H11NO3S2. The third kappa shape index (κ3) is 2.70. The van der Waals surface area contributed by atoms with Crippen LogP contribution in [-0.4, -0.2) is 18.6 Å². The normalized spacial score (nSPS) is 11.3. The fourth-order valence-electron chi connectivity index (χ4n) is 1.94. The van der Waals surface area contributed by atoms with Crippen LogP contribution in [0, 0.1) is 0 Å². The van der Waals surface area contributed by atoms with Crippen molar-refractivity contribution in [2.45, 2.75) is 9.92 Å². The predicted octanol–water partition coefficient (Wildman–Crippen LogP) is 3.21. The summed E-state index contributed by atoms with van der Waals surface area (Å²) >= 11 is 0.895. The van der Waals surface area contributed by atoms with Crippen molar-refractivity contribution in [1.29, 1.82) is 0 Å². The van der Waals surface area contributed by atoms with Crippen LogP contribution in [0.3, 0.4) is 0 Å². The second kappa shape index (κ2) is 5.82. The zero-order valence-corrected chi connectivity index (χ0v) is 13.0. The summed E-state index contributed by atoms with van der Waals surface area (Å²) in [4.78, 5) is 12.8. The lowest BCUT2D eigenvalue weighted by molar-refractivity contribution is 0.104. The molecule has 0 radical (unpaired) electrons. The van der Waals surface area contributed by atoms with Gasteiger partial charge in [-0.25, -0.2) is 8.42 Å². The van der Waals surface area contributed by atoms with Crippen LogP contribution in [0.2, 0.25) is 0 Å². The lowest BCUT2D eigenvalue weighted by Crippen LogP contribution is -2.02. The lowest BCUT2D eigenvalue weighted by Gasteiger charge is -1.99. The average molecular weight is 329 g/mol. The maximum absolute atomic E-state index is 12.4. The van der Waals surface area contributed by atoms with Crippen molar-refractivity contribution in [3.8, 4) is 0 Å². The number of hydrogen-bond acceptors (Lipinski definition) is 5. The van der Waals surface area contributed by atoms with Gasteiger partial charge in [-0.2, -0.15) is 4.37 Å². The van der Waals surface area contributed by atoms with Gasteiger partial charge in [0, 0.05) is 5.56 Å². The van der Waals surface area contributed by atoms with E-state index in [-0.39, 0.29) is 15.7 Å². The van der Waals surface area contributed by atoms with Gasteiger partial charge in [0.2, 0.25) is 15.6 Å². The summed E-state index contributed by atoms with van der Waals surface area (Å²) in [7, 11) is -3.69. The molecule has 4 nitrogen and oxygen atoms in total. The van der Waals surface area contributed by atoms with Crippen molar-refractivity contribution in [3.05, 3.63) is 77.2 Å². The minimum absolute atomic E-state index is 0.0945. The molecule has 0 spiro atoms. The molecule has 0 atom stereocenters. The molecule has 0 bridgehead atoms. The van der Waals surface area contributed by atoms with Crippen LogP contribution in [0.5, 0.6) is 0 Å². The van der Waals surface area contributed by atoms with E-state index in [9.17, 15) is 13.2 Å². The van der Waals surface area contributed by atoms with Gasteiger partial charge in [-0.3, -0.25) is 4.79 Å². The highest BCUT2D eigenvalue weighted by atomic mass is 32.2. The third-order valence-corrected chi connectivity index (χ3v) is 5.63.